The fourth-order valence-corrected chi connectivity index (χ4v) is 4.92. The average molecular weight is 484 g/mol. The van der Waals surface area contributed by atoms with Gasteiger partial charge in [0, 0.05) is 41.8 Å². The van der Waals surface area contributed by atoms with E-state index in [0.29, 0.717) is 24.2 Å². The van der Waals surface area contributed by atoms with Crippen LogP contribution in [0.4, 0.5) is 5.82 Å². The first-order valence-corrected chi connectivity index (χ1v) is 13.2. The maximum absolute atomic E-state index is 6.45. The van der Waals surface area contributed by atoms with E-state index >= 15 is 0 Å². The summed E-state index contributed by atoms with van der Waals surface area (Å²) in [6.45, 7) is 7.32. The molecule has 0 aliphatic carbocycles. The van der Waals surface area contributed by atoms with Crippen molar-refractivity contribution in [2.75, 3.05) is 11.9 Å². The van der Waals surface area contributed by atoms with Gasteiger partial charge in [0.15, 0.2) is 5.82 Å². The van der Waals surface area contributed by atoms with Crippen LogP contribution in [-0.4, -0.2) is 27.5 Å². The molecule has 0 aliphatic heterocycles. The number of anilines is 1. The number of nitrogens with zero attached hydrogens (tertiary/aromatic N) is 3. The molecule has 3 aromatic heterocycles. The van der Waals surface area contributed by atoms with Gasteiger partial charge in [0.05, 0.1) is 10.3 Å². The number of nitrogens with one attached hydrogen (secondary N) is 1. The van der Waals surface area contributed by atoms with Gasteiger partial charge in [0.1, 0.15) is 11.3 Å². The molecule has 0 fully saturated rings. The zero-order valence-electron chi connectivity index (χ0n) is 20.7. The van der Waals surface area contributed by atoms with E-state index in [0.717, 1.165) is 33.6 Å². The maximum atomic E-state index is 6.45. The normalized spacial score (nSPS) is 13.6. The molecule has 3 atom stereocenters. The third kappa shape index (κ3) is 6.45. The third-order valence-electron chi connectivity index (χ3n) is 6.26. The molecule has 0 aliphatic rings. The fraction of sp³-hybridized carbons (Fsp3) is 0.345. The maximum Gasteiger partial charge on any atom is 0.162 e. The minimum Gasteiger partial charge on any atom is -0.367 e. The van der Waals surface area contributed by atoms with Gasteiger partial charge in [0.25, 0.3) is 0 Å². The summed E-state index contributed by atoms with van der Waals surface area (Å²) in [5.74, 6) is 9.25. The summed E-state index contributed by atoms with van der Waals surface area (Å²) in [7, 11) is 0. The second-order valence-corrected chi connectivity index (χ2v) is 9.99. The van der Waals surface area contributed by atoms with Gasteiger partial charge in [-0.3, -0.25) is 4.98 Å². The van der Waals surface area contributed by atoms with Gasteiger partial charge in [-0.15, -0.1) is 11.3 Å². The highest BCUT2D eigenvalue weighted by atomic mass is 32.1. The monoisotopic (exact) mass is 483 g/mol. The predicted molar refractivity (Wildman–Crippen MR) is 147 cm³/mol. The Hall–Kier alpha value is -3.27. The third-order valence-corrected chi connectivity index (χ3v) is 7.23. The largest absolute Gasteiger partial charge is 0.367 e. The summed E-state index contributed by atoms with van der Waals surface area (Å²) in [6.07, 6.45) is 6.69. The Kier molecular flexibility index (Phi) is 8.46. The van der Waals surface area contributed by atoms with Crippen LogP contribution in [0.15, 0.2) is 60.2 Å². The van der Waals surface area contributed by atoms with E-state index in [1.807, 2.05) is 30.3 Å². The molecule has 6 heteroatoms. The summed E-state index contributed by atoms with van der Waals surface area (Å²) in [4.78, 5) is 13.9. The number of aromatic nitrogens is 3. The summed E-state index contributed by atoms with van der Waals surface area (Å²) < 4.78 is 1.01. The molecular weight excluding hydrogens is 450 g/mol. The Balaban J connectivity index is 1.63. The van der Waals surface area contributed by atoms with Crippen LogP contribution in [0.3, 0.4) is 0 Å². The molecule has 1 aromatic carbocycles. The van der Waals surface area contributed by atoms with Gasteiger partial charge < -0.3 is 11.1 Å². The minimum absolute atomic E-state index is 0.0353. The topological polar surface area (TPSA) is 76.7 Å². The van der Waals surface area contributed by atoms with E-state index in [1.165, 1.54) is 18.4 Å². The summed E-state index contributed by atoms with van der Waals surface area (Å²) >= 11 is 1.63. The molecule has 0 saturated carbocycles. The molecule has 4 rings (SSSR count). The van der Waals surface area contributed by atoms with Crippen molar-refractivity contribution in [3.8, 4) is 23.2 Å². The summed E-state index contributed by atoms with van der Waals surface area (Å²) in [5, 5.41) is 5.59. The number of benzene rings is 1. The number of nitrogens with two attached hydrogens (primary N) is 1. The molecule has 3 unspecified atom stereocenters. The van der Waals surface area contributed by atoms with Crippen LogP contribution in [0.2, 0.25) is 0 Å². The molecule has 3 N–H and O–H groups in total. The van der Waals surface area contributed by atoms with Crippen molar-refractivity contribution in [1.29, 1.82) is 0 Å². The molecule has 5 nitrogen and oxygen atoms in total. The van der Waals surface area contributed by atoms with E-state index in [2.05, 4.69) is 60.4 Å². The van der Waals surface area contributed by atoms with Crippen molar-refractivity contribution in [3.63, 3.8) is 0 Å². The van der Waals surface area contributed by atoms with Crippen molar-refractivity contribution in [3.05, 3.63) is 71.4 Å². The van der Waals surface area contributed by atoms with Crippen LogP contribution >= 0.6 is 11.3 Å². The highest BCUT2D eigenvalue weighted by molar-refractivity contribution is 7.18. The van der Waals surface area contributed by atoms with E-state index in [-0.39, 0.29) is 6.04 Å². The van der Waals surface area contributed by atoms with E-state index < -0.39 is 0 Å². The first kappa shape index (κ1) is 24.8. The van der Waals surface area contributed by atoms with E-state index in [9.17, 15) is 0 Å². The number of thiophene rings is 1. The molecule has 0 saturated heterocycles. The zero-order chi connectivity index (χ0) is 24.6. The lowest BCUT2D eigenvalue weighted by Gasteiger charge is -2.14. The highest BCUT2D eigenvalue weighted by Gasteiger charge is 2.16. The zero-order valence-corrected chi connectivity index (χ0v) is 21.5. The van der Waals surface area contributed by atoms with Crippen LogP contribution in [-0.2, 0) is 6.42 Å². The molecule has 180 valence electrons. The Morgan fingerprint density at radius 1 is 1.06 bits per heavy atom. The Morgan fingerprint density at radius 2 is 1.83 bits per heavy atom. The van der Waals surface area contributed by atoms with Gasteiger partial charge >= 0.3 is 0 Å². The number of hydrogen-bond donors (Lipinski definition) is 2. The molecule has 0 bridgehead atoms. The van der Waals surface area contributed by atoms with Crippen LogP contribution in [0, 0.1) is 23.7 Å². The minimum atomic E-state index is -0.0353. The lowest BCUT2D eigenvalue weighted by atomic mass is 9.92. The highest BCUT2D eigenvalue weighted by Crippen LogP contribution is 2.32. The molecule has 0 radical (unpaired) electrons. The Morgan fingerprint density at radius 3 is 2.57 bits per heavy atom. The standard InChI is InChI=1S/C29H33N5S/c1-4-8-20(2)21(3)11-12-24-19-35-27-26(24)33-28(23-13-15-31-16-14-23)34-29(27)32-18-25(30)17-22-9-6-5-7-10-22/h5-7,9-10,13-16,19-21,25H,4,8,17-18,30H2,1-3H3,(H,32,33,34). The summed E-state index contributed by atoms with van der Waals surface area (Å²) in [5.41, 5.74) is 10.4. The van der Waals surface area contributed by atoms with Crippen molar-refractivity contribution in [2.24, 2.45) is 17.6 Å². The molecule has 0 spiro atoms. The van der Waals surface area contributed by atoms with Crippen LogP contribution in [0.25, 0.3) is 21.6 Å². The first-order chi connectivity index (χ1) is 17.0. The molecule has 35 heavy (non-hydrogen) atoms. The second-order valence-electron chi connectivity index (χ2n) is 9.11. The summed E-state index contributed by atoms with van der Waals surface area (Å²) in [6, 6.07) is 14.1. The van der Waals surface area contributed by atoms with Gasteiger partial charge in [-0.2, -0.15) is 0 Å². The van der Waals surface area contributed by atoms with Crippen molar-refractivity contribution < 1.29 is 0 Å². The molecule has 0 amide bonds. The fourth-order valence-electron chi connectivity index (χ4n) is 4.01. The Bertz CT molecular complexity index is 1290. The number of pyridine rings is 1. The van der Waals surface area contributed by atoms with Crippen molar-refractivity contribution >= 4 is 27.4 Å². The lowest BCUT2D eigenvalue weighted by molar-refractivity contribution is 0.435. The quantitative estimate of drug-likeness (QED) is 0.279. The van der Waals surface area contributed by atoms with Gasteiger partial charge in [0.2, 0.25) is 0 Å². The van der Waals surface area contributed by atoms with E-state index in [4.69, 9.17) is 15.7 Å². The van der Waals surface area contributed by atoms with Crippen LogP contribution < -0.4 is 11.1 Å². The molecule has 4 aromatic rings. The number of rotatable bonds is 9. The Labute approximate surface area is 212 Å². The average Bonchev–Trinajstić information content (AvgIpc) is 3.30. The van der Waals surface area contributed by atoms with Gasteiger partial charge in [-0.1, -0.05) is 69.4 Å². The first-order valence-electron chi connectivity index (χ1n) is 12.3. The number of hydrogen-bond acceptors (Lipinski definition) is 6. The van der Waals surface area contributed by atoms with Crippen molar-refractivity contribution in [2.45, 2.75) is 46.1 Å². The molecule has 3 heterocycles. The lowest BCUT2D eigenvalue weighted by Crippen LogP contribution is -2.31. The molecular formula is C29H33N5S. The van der Waals surface area contributed by atoms with Crippen LogP contribution in [0.1, 0.15) is 44.7 Å². The van der Waals surface area contributed by atoms with Crippen LogP contribution in [0.5, 0.6) is 0 Å². The number of fused-ring (bicyclic) bond motifs is 1. The smallest absolute Gasteiger partial charge is 0.162 e. The van der Waals surface area contributed by atoms with Gasteiger partial charge in [-0.25, -0.2) is 9.97 Å². The predicted octanol–water partition coefficient (Wildman–Crippen LogP) is 6.16. The SMILES string of the molecule is CCCC(C)C(C)C#Cc1csc2c(NCC(N)Cc3ccccc3)nc(-c3ccncc3)nc12. The second kappa shape index (κ2) is 11.9. The van der Waals surface area contributed by atoms with E-state index in [1.54, 1.807) is 23.7 Å². The van der Waals surface area contributed by atoms with Gasteiger partial charge in [-0.05, 0) is 36.5 Å². The van der Waals surface area contributed by atoms with Crippen molar-refractivity contribution in [1.82, 2.24) is 15.0 Å².